The fourth-order valence-corrected chi connectivity index (χ4v) is 1.30. The Morgan fingerprint density at radius 2 is 1.84 bits per heavy atom. The number of rotatable bonds is 7. The predicted molar refractivity (Wildman–Crippen MR) is 72.3 cm³/mol. The molecule has 8 heteroatoms. The number of methoxy groups -OCH3 is 1. The normalized spacial score (nSPS) is 10.2. The zero-order chi connectivity index (χ0) is 14.3. The monoisotopic (exact) mass is 268 g/mol. The molecule has 1 aromatic rings. The second-order valence-corrected chi connectivity index (χ2v) is 4.08. The molecule has 0 radical (unpaired) electrons. The quantitative estimate of drug-likeness (QED) is 0.651. The lowest BCUT2D eigenvalue weighted by Gasteiger charge is -2.10. The van der Waals surface area contributed by atoms with Gasteiger partial charge in [-0.15, -0.1) is 0 Å². The number of carbonyl (C=O) groups is 1. The van der Waals surface area contributed by atoms with Gasteiger partial charge in [-0.05, 0) is 20.8 Å². The average Bonchev–Trinajstić information content (AvgIpc) is 2.35. The summed E-state index contributed by atoms with van der Waals surface area (Å²) in [5, 5.41) is 8.55. The third-order valence-corrected chi connectivity index (χ3v) is 1.99. The van der Waals surface area contributed by atoms with E-state index < -0.39 is 0 Å². The molecule has 0 bridgehead atoms. The molecule has 1 aromatic heterocycles. The van der Waals surface area contributed by atoms with Crippen molar-refractivity contribution in [2.24, 2.45) is 0 Å². The van der Waals surface area contributed by atoms with Crippen LogP contribution in [0.25, 0.3) is 0 Å². The molecule has 0 saturated heterocycles. The number of anilines is 2. The first-order valence-corrected chi connectivity index (χ1v) is 6.12. The highest BCUT2D eigenvalue weighted by molar-refractivity contribution is 5.80. The molecule has 0 spiro atoms. The van der Waals surface area contributed by atoms with E-state index in [1.807, 2.05) is 20.8 Å². The highest BCUT2D eigenvalue weighted by atomic mass is 16.5. The molecule has 0 aliphatic heterocycles. The summed E-state index contributed by atoms with van der Waals surface area (Å²) in [4.78, 5) is 23.6. The van der Waals surface area contributed by atoms with Crippen molar-refractivity contribution in [3.8, 4) is 6.01 Å². The Morgan fingerprint density at radius 1 is 1.21 bits per heavy atom. The number of hydrogen-bond acceptors (Lipinski definition) is 7. The Hall–Kier alpha value is -2.12. The van der Waals surface area contributed by atoms with E-state index in [0.29, 0.717) is 18.4 Å². The maximum atomic E-state index is 11.5. The summed E-state index contributed by atoms with van der Waals surface area (Å²) in [6, 6.07) is 0.289. The minimum Gasteiger partial charge on any atom is -0.467 e. The van der Waals surface area contributed by atoms with Crippen LogP contribution in [0.1, 0.15) is 20.8 Å². The van der Waals surface area contributed by atoms with Crippen LogP contribution in [0.2, 0.25) is 0 Å². The molecule has 8 nitrogen and oxygen atoms in total. The van der Waals surface area contributed by atoms with E-state index in [1.165, 1.54) is 7.11 Å². The first-order valence-electron chi connectivity index (χ1n) is 6.12. The summed E-state index contributed by atoms with van der Waals surface area (Å²) < 4.78 is 4.97. The lowest BCUT2D eigenvalue weighted by atomic mass is 10.4. The van der Waals surface area contributed by atoms with Gasteiger partial charge in [0.2, 0.25) is 17.8 Å². The largest absolute Gasteiger partial charge is 0.467 e. The number of nitrogens with zero attached hydrogens (tertiary/aromatic N) is 3. The van der Waals surface area contributed by atoms with Crippen molar-refractivity contribution in [3.63, 3.8) is 0 Å². The molecule has 0 saturated carbocycles. The summed E-state index contributed by atoms with van der Waals surface area (Å²) in [7, 11) is 1.47. The zero-order valence-electron chi connectivity index (χ0n) is 11.6. The van der Waals surface area contributed by atoms with Gasteiger partial charge in [0.05, 0.1) is 13.7 Å². The molecular weight excluding hydrogens is 248 g/mol. The van der Waals surface area contributed by atoms with Crippen LogP contribution in [0, 0.1) is 0 Å². The third kappa shape index (κ3) is 5.36. The molecule has 1 heterocycles. The molecular formula is C11H20N6O2. The third-order valence-electron chi connectivity index (χ3n) is 1.99. The molecule has 0 unspecified atom stereocenters. The standard InChI is InChI=1S/C11H20N6O2/c1-5-12-9-15-10(17-11(16-9)19-4)13-6-8(18)14-7(2)3/h7H,5-6H2,1-4H3,(H,14,18)(H2,12,13,15,16,17). The van der Waals surface area contributed by atoms with Crippen molar-refractivity contribution >= 4 is 17.8 Å². The van der Waals surface area contributed by atoms with Gasteiger partial charge in [0, 0.05) is 12.6 Å². The molecule has 0 fully saturated rings. The van der Waals surface area contributed by atoms with Crippen molar-refractivity contribution in [2.45, 2.75) is 26.8 Å². The molecule has 0 atom stereocenters. The first-order chi connectivity index (χ1) is 9.05. The summed E-state index contributed by atoms with van der Waals surface area (Å²) in [6.45, 7) is 6.50. The van der Waals surface area contributed by atoms with Crippen LogP contribution in [-0.2, 0) is 4.79 Å². The van der Waals surface area contributed by atoms with Crippen molar-refractivity contribution in [1.29, 1.82) is 0 Å². The smallest absolute Gasteiger partial charge is 0.322 e. The Bertz CT molecular complexity index is 424. The van der Waals surface area contributed by atoms with E-state index in [0.717, 1.165) is 0 Å². The topological polar surface area (TPSA) is 101 Å². The second kappa shape index (κ2) is 7.34. The van der Waals surface area contributed by atoms with E-state index in [9.17, 15) is 4.79 Å². The Balaban J connectivity index is 2.66. The second-order valence-electron chi connectivity index (χ2n) is 4.08. The van der Waals surface area contributed by atoms with Crippen LogP contribution < -0.4 is 20.7 Å². The molecule has 0 aliphatic carbocycles. The van der Waals surface area contributed by atoms with Gasteiger partial charge in [-0.3, -0.25) is 4.79 Å². The summed E-state index contributed by atoms with van der Waals surface area (Å²) >= 11 is 0. The number of ether oxygens (including phenoxy) is 1. The zero-order valence-corrected chi connectivity index (χ0v) is 11.6. The maximum absolute atomic E-state index is 11.5. The molecule has 19 heavy (non-hydrogen) atoms. The van der Waals surface area contributed by atoms with Gasteiger partial charge in [-0.25, -0.2) is 0 Å². The predicted octanol–water partition coefficient (Wildman–Crippen LogP) is 0.248. The minimum absolute atomic E-state index is 0.0942. The van der Waals surface area contributed by atoms with Gasteiger partial charge in [0.1, 0.15) is 0 Å². The van der Waals surface area contributed by atoms with Crippen LogP contribution in [-0.4, -0.2) is 47.1 Å². The summed E-state index contributed by atoms with van der Waals surface area (Å²) in [5.41, 5.74) is 0. The average molecular weight is 268 g/mol. The Labute approximate surface area is 112 Å². The first kappa shape index (κ1) is 14.9. The van der Waals surface area contributed by atoms with E-state index >= 15 is 0 Å². The van der Waals surface area contributed by atoms with E-state index in [4.69, 9.17) is 4.74 Å². The number of amides is 1. The van der Waals surface area contributed by atoms with Crippen molar-refractivity contribution in [2.75, 3.05) is 30.8 Å². The van der Waals surface area contributed by atoms with E-state index in [1.54, 1.807) is 0 Å². The van der Waals surface area contributed by atoms with Crippen molar-refractivity contribution < 1.29 is 9.53 Å². The van der Waals surface area contributed by atoms with Gasteiger partial charge < -0.3 is 20.7 Å². The lowest BCUT2D eigenvalue weighted by Crippen LogP contribution is -2.35. The molecule has 0 aromatic carbocycles. The number of nitrogens with one attached hydrogen (secondary N) is 3. The van der Waals surface area contributed by atoms with Crippen LogP contribution in [0.4, 0.5) is 11.9 Å². The van der Waals surface area contributed by atoms with Gasteiger partial charge in [0.25, 0.3) is 0 Å². The van der Waals surface area contributed by atoms with Crippen LogP contribution in [0.3, 0.4) is 0 Å². The van der Waals surface area contributed by atoms with Crippen LogP contribution in [0.15, 0.2) is 0 Å². The number of aromatic nitrogens is 3. The van der Waals surface area contributed by atoms with Gasteiger partial charge in [-0.1, -0.05) is 0 Å². The highest BCUT2D eigenvalue weighted by Crippen LogP contribution is 2.10. The van der Waals surface area contributed by atoms with Crippen molar-refractivity contribution in [1.82, 2.24) is 20.3 Å². The van der Waals surface area contributed by atoms with E-state index in [-0.39, 0.29) is 24.5 Å². The van der Waals surface area contributed by atoms with Crippen LogP contribution >= 0.6 is 0 Å². The molecule has 0 aliphatic rings. The highest BCUT2D eigenvalue weighted by Gasteiger charge is 2.08. The lowest BCUT2D eigenvalue weighted by molar-refractivity contribution is -0.119. The molecule has 1 amide bonds. The maximum Gasteiger partial charge on any atom is 0.322 e. The SMILES string of the molecule is CCNc1nc(NCC(=O)NC(C)C)nc(OC)n1. The number of hydrogen-bond donors (Lipinski definition) is 3. The Morgan fingerprint density at radius 3 is 2.37 bits per heavy atom. The fraction of sp³-hybridized carbons (Fsp3) is 0.636. The van der Waals surface area contributed by atoms with E-state index in [2.05, 4.69) is 30.9 Å². The van der Waals surface area contributed by atoms with Gasteiger partial charge >= 0.3 is 6.01 Å². The Kier molecular flexibility index (Phi) is 5.77. The fourth-order valence-electron chi connectivity index (χ4n) is 1.30. The molecule has 3 N–H and O–H groups in total. The van der Waals surface area contributed by atoms with Crippen LogP contribution in [0.5, 0.6) is 6.01 Å². The summed E-state index contributed by atoms with van der Waals surface area (Å²) in [5.74, 6) is 0.571. The molecule has 1 rings (SSSR count). The summed E-state index contributed by atoms with van der Waals surface area (Å²) in [6.07, 6.45) is 0. The number of carbonyl (C=O) groups excluding carboxylic acids is 1. The van der Waals surface area contributed by atoms with Gasteiger partial charge in [0.15, 0.2) is 0 Å². The minimum atomic E-state index is -0.126. The molecule has 106 valence electrons. The van der Waals surface area contributed by atoms with Crippen molar-refractivity contribution in [3.05, 3.63) is 0 Å². The van der Waals surface area contributed by atoms with Gasteiger partial charge in [-0.2, -0.15) is 15.0 Å².